The summed E-state index contributed by atoms with van der Waals surface area (Å²) >= 11 is 0. The minimum Gasteiger partial charge on any atom is -0.506 e. The number of aromatic amines is 1. The van der Waals surface area contributed by atoms with Gasteiger partial charge in [-0.25, -0.2) is 4.79 Å². The summed E-state index contributed by atoms with van der Waals surface area (Å²) in [6.07, 6.45) is -1.06. The van der Waals surface area contributed by atoms with Crippen LogP contribution < -0.4 is 26.2 Å². The van der Waals surface area contributed by atoms with Crippen molar-refractivity contribution in [3.05, 3.63) is 141 Å². The Morgan fingerprint density at radius 2 is 1.58 bits per heavy atom. The van der Waals surface area contributed by atoms with E-state index in [2.05, 4.69) is 20.9 Å². The van der Waals surface area contributed by atoms with Crippen LogP contribution >= 0.6 is 0 Å². The summed E-state index contributed by atoms with van der Waals surface area (Å²) in [5.41, 5.74) is 3.93. The molecule has 5 rings (SSSR count). The zero-order valence-electron chi connectivity index (χ0n) is 26.2. The monoisotopic (exact) mass is 650 g/mol. The van der Waals surface area contributed by atoms with E-state index in [0.29, 0.717) is 42.8 Å². The third kappa shape index (κ3) is 9.21. The summed E-state index contributed by atoms with van der Waals surface area (Å²) in [7, 11) is 0. The Kier molecular flexibility index (Phi) is 11.4. The van der Waals surface area contributed by atoms with Gasteiger partial charge in [0, 0.05) is 24.5 Å². The molecule has 1 aromatic heterocycles. The molecule has 0 spiro atoms. The van der Waals surface area contributed by atoms with Crippen molar-refractivity contribution in [2.24, 2.45) is 0 Å². The fourth-order valence-corrected chi connectivity index (χ4v) is 5.42. The van der Waals surface area contributed by atoms with Crippen LogP contribution in [0.1, 0.15) is 46.4 Å². The SMILES string of the molecule is O=C(O)NC(c1ccccc1)c1cccc(OCc2ccc(CC(=O)NCCCNCC(O)c3ccc(O)c4[nH]c(=O)ccc34)cc2)c1. The van der Waals surface area contributed by atoms with Crippen LogP contribution in [0.2, 0.25) is 0 Å². The molecule has 2 atom stereocenters. The number of aromatic hydroxyl groups is 1. The number of hydrogen-bond donors (Lipinski definition) is 7. The molecule has 2 amide bonds. The number of rotatable bonds is 15. The molecule has 0 saturated carbocycles. The molecule has 0 aliphatic carbocycles. The molecule has 0 fully saturated rings. The number of aliphatic hydroxyl groups is 1. The second-order valence-electron chi connectivity index (χ2n) is 11.4. The molecule has 0 saturated heterocycles. The number of amides is 2. The van der Waals surface area contributed by atoms with Gasteiger partial charge in [0.1, 0.15) is 18.1 Å². The number of aliphatic hydroxyl groups excluding tert-OH is 1. The number of phenolic OH excluding ortho intramolecular Hbond substituents is 1. The summed E-state index contributed by atoms with van der Waals surface area (Å²) in [6.45, 7) is 1.63. The molecule has 2 unspecified atom stereocenters. The fourth-order valence-electron chi connectivity index (χ4n) is 5.42. The van der Waals surface area contributed by atoms with Crippen LogP contribution in [0.5, 0.6) is 11.5 Å². The molecule has 0 aliphatic rings. The molecule has 0 radical (unpaired) electrons. The minimum absolute atomic E-state index is 0.0583. The number of benzene rings is 4. The highest BCUT2D eigenvalue weighted by atomic mass is 16.5. The highest BCUT2D eigenvalue weighted by Crippen LogP contribution is 2.29. The molecule has 11 heteroatoms. The van der Waals surface area contributed by atoms with E-state index in [-0.39, 0.29) is 35.7 Å². The lowest BCUT2D eigenvalue weighted by Gasteiger charge is -2.19. The van der Waals surface area contributed by atoms with E-state index >= 15 is 0 Å². The molecule has 0 aliphatic heterocycles. The van der Waals surface area contributed by atoms with E-state index in [0.717, 1.165) is 22.3 Å². The van der Waals surface area contributed by atoms with Gasteiger partial charge in [-0.15, -0.1) is 0 Å². The maximum Gasteiger partial charge on any atom is 0.405 e. The number of nitrogens with one attached hydrogen (secondary N) is 4. The Morgan fingerprint density at radius 1 is 0.833 bits per heavy atom. The van der Waals surface area contributed by atoms with Gasteiger partial charge in [0.2, 0.25) is 11.5 Å². The van der Waals surface area contributed by atoms with E-state index in [1.807, 2.05) is 78.9 Å². The smallest absolute Gasteiger partial charge is 0.405 e. The first kappa shape index (κ1) is 33.7. The lowest BCUT2D eigenvalue weighted by molar-refractivity contribution is -0.120. The fraction of sp³-hybridized carbons (Fsp3) is 0.216. The summed E-state index contributed by atoms with van der Waals surface area (Å²) in [6, 6.07) is 29.8. The van der Waals surface area contributed by atoms with Gasteiger partial charge >= 0.3 is 6.09 Å². The highest BCUT2D eigenvalue weighted by Gasteiger charge is 2.17. The molecular weight excluding hydrogens is 612 g/mol. The van der Waals surface area contributed by atoms with E-state index in [9.17, 15) is 29.7 Å². The van der Waals surface area contributed by atoms with Gasteiger partial charge in [0.15, 0.2) is 0 Å². The standard InChI is InChI=1S/C37H38N4O7/c42-31-16-14-29(30-15-17-33(44)40-36(30)31)32(43)22-38-18-5-19-39-34(45)20-24-10-12-25(13-11-24)23-48-28-9-4-8-27(21-28)35(41-37(46)47)26-6-2-1-3-7-26/h1-4,6-17,21,32,35,38,41-43H,5,18-20,22-23H2,(H,39,45)(H,40,44)(H,46,47). The third-order valence-electron chi connectivity index (χ3n) is 7.84. The minimum atomic E-state index is -1.12. The van der Waals surface area contributed by atoms with Crippen LogP contribution in [0.4, 0.5) is 4.79 Å². The molecule has 1 heterocycles. The molecular formula is C37H38N4O7. The first-order chi connectivity index (χ1) is 23.3. The predicted octanol–water partition coefficient (Wildman–Crippen LogP) is 4.54. The molecule has 48 heavy (non-hydrogen) atoms. The zero-order chi connectivity index (χ0) is 33.9. The Morgan fingerprint density at radius 3 is 2.35 bits per heavy atom. The maximum atomic E-state index is 12.5. The number of fused-ring (bicyclic) bond motifs is 1. The van der Waals surface area contributed by atoms with Crippen LogP contribution in [-0.2, 0) is 17.8 Å². The number of H-pyrrole nitrogens is 1. The quantitative estimate of drug-likeness (QED) is 0.0809. The average Bonchev–Trinajstić information content (AvgIpc) is 3.09. The lowest BCUT2D eigenvalue weighted by atomic mass is 9.98. The van der Waals surface area contributed by atoms with E-state index in [1.165, 1.54) is 12.1 Å². The molecule has 5 aromatic rings. The highest BCUT2D eigenvalue weighted by molar-refractivity contribution is 5.87. The summed E-state index contributed by atoms with van der Waals surface area (Å²) in [5.74, 6) is 0.458. The molecule has 11 nitrogen and oxygen atoms in total. The molecule has 248 valence electrons. The Bertz CT molecular complexity index is 1890. The Balaban J connectivity index is 1.03. The van der Waals surface area contributed by atoms with Crippen LogP contribution in [0.25, 0.3) is 10.9 Å². The second kappa shape index (κ2) is 16.3. The van der Waals surface area contributed by atoms with Gasteiger partial charge in [0.25, 0.3) is 0 Å². The predicted molar refractivity (Wildman–Crippen MR) is 182 cm³/mol. The summed E-state index contributed by atoms with van der Waals surface area (Å²) < 4.78 is 6.00. The average molecular weight is 651 g/mol. The number of carbonyl (C=O) groups is 2. The van der Waals surface area contributed by atoms with E-state index < -0.39 is 18.2 Å². The number of carbonyl (C=O) groups excluding carboxylic acids is 1. The lowest BCUT2D eigenvalue weighted by Crippen LogP contribution is -2.29. The maximum absolute atomic E-state index is 12.5. The summed E-state index contributed by atoms with van der Waals surface area (Å²) in [5, 5.41) is 39.3. The van der Waals surface area contributed by atoms with Gasteiger partial charge in [-0.05, 0) is 65.0 Å². The number of pyridine rings is 1. The largest absolute Gasteiger partial charge is 0.506 e. The van der Waals surface area contributed by atoms with Crippen LogP contribution in [0.15, 0.2) is 108 Å². The van der Waals surface area contributed by atoms with Gasteiger partial charge in [-0.3, -0.25) is 9.59 Å². The zero-order valence-corrected chi connectivity index (χ0v) is 26.2. The number of carboxylic acid groups (broad SMARTS) is 1. The van der Waals surface area contributed by atoms with Gasteiger partial charge in [-0.2, -0.15) is 0 Å². The van der Waals surface area contributed by atoms with Crippen molar-refractivity contribution in [1.82, 2.24) is 20.9 Å². The van der Waals surface area contributed by atoms with Crippen molar-refractivity contribution < 1.29 is 29.6 Å². The number of phenols is 1. The number of aromatic nitrogens is 1. The van der Waals surface area contributed by atoms with E-state index in [4.69, 9.17) is 4.74 Å². The third-order valence-corrected chi connectivity index (χ3v) is 7.84. The van der Waals surface area contributed by atoms with Crippen LogP contribution in [-0.4, -0.2) is 51.9 Å². The van der Waals surface area contributed by atoms with Crippen LogP contribution in [0, 0.1) is 0 Å². The van der Waals surface area contributed by atoms with Gasteiger partial charge in [-0.1, -0.05) is 72.8 Å². The van der Waals surface area contributed by atoms with E-state index in [1.54, 1.807) is 12.1 Å². The van der Waals surface area contributed by atoms with Crippen molar-refractivity contribution in [3.63, 3.8) is 0 Å². The van der Waals surface area contributed by atoms with Crippen LogP contribution in [0.3, 0.4) is 0 Å². The first-order valence-electron chi connectivity index (χ1n) is 15.6. The Labute approximate surface area is 277 Å². The van der Waals surface area contributed by atoms with Crippen molar-refractivity contribution in [2.45, 2.75) is 31.6 Å². The normalized spacial score (nSPS) is 12.3. The van der Waals surface area contributed by atoms with Crippen molar-refractivity contribution >= 4 is 22.9 Å². The van der Waals surface area contributed by atoms with Gasteiger partial charge in [0.05, 0.1) is 24.1 Å². The van der Waals surface area contributed by atoms with Crippen molar-refractivity contribution in [1.29, 1.82) is 0 Å². The topological polar surface area (TPSA) is 173 Å². The first-order valence-corrected chi connectivity index (χ1v) is 15.6. The number of ether oxygens (including phenoxy) is 1. The van der Waals surface area contributed by atoms with Gasteiger partial charge < -0.3 is 41.0 Å². The van der Waals surface area contributed by atoms with Crippen molar-refractivity contribution in [2.75, 3.05) is 19.6 Å². The molecule has 7 N–H and O–H groups in total. The molecule has 0 bridgehead atoms. The van der Waals surface area contributed by atoms with Crippen molar-refractivity contribution in [3.8, 4) is 11.5 Å². The second-order valence-corrected chi connectivity index (χ2v) is 11.4. The number of hydrogen-bond acceptors (Lipinski definition) is 7. The Hall–Kier alpha value is -5.65. The summed E-state index contributed by atoms with van der Waals surface area (Å²) in [4.78, 5) is 38.1. The molecule has 4 aromatic carbocycles.